The smallest absolute Gasteiger partial charge is 0.334 e. The molecule has 0 saturated carbocycles. The topological polar surface area (TPSA) is 55.6 Å². The molecule has 5 nitrogen and oxygen atoms in total. The van der Waals surface area contributed by atoms with E-state index in [-0.39, 0.29) is 27.7 Å². The summed E-state index contributed by atoms with van der Waals surface area (Å²) >= 11 is 10.5. The van der Waals surface area contributed by atoms with Gasteiger partial charge in [-0.1, -0.05) is 39.3 Å². The predicted octanol–water partition coefficient (Wildman–Crippen LogP) is 4.90. The summed E-state index contributed by atoms with van der Waals surface area (Å²) in [5, 5.41) is 3.30. The van der Waals surface area contributed by atoms with E-state index >= 15 is 0 Å². The SMILES string of the molecule is CC.CC.CCn1c(=O)cc(Cn2nc(Cl)cc2C(F)(F)F)[nH]c1=S. The average Bonchev–Trinajstić information content (AvgIpc) is 2.92. The highest BCUT2D eigenvalue weighted by Gasteiger charge is 2.35. The van der Waals surface area contributed by atoms with E-state index in [2.05, 4.69) is 10.1 Å². The molecule has 0 aliphatic rings. The van der Waals surface area contributed by atoms with E-state index in [0.717, 1.165) is 6.07 Å². The second-order valence-electron chi connectivity index (χ2n) is 4.19. The molecule has 0 radical (unpaired) electrons. The molecule has 25 heavy (non-hydrogen) atoms. The maximum Gasteiger partial charge on any atom is 0.433 e. The molecule has 0 unspecified atom stereocenters. The lowest BCUT2D eigenvalue weighted by atomic mass is 10.3. The van der Waals surface area contributed by atoms with Crippen LogP contribution in [0.4, 0.5) is 13.2 Å². The number of rotatable bonds is 3. The molecule has 0 bridgehead atoms. The van der Waals surface area contributed by atoms with Gasteiger partial charge in [0.05, 0.1) is 6.54 Å². The summed E-state index contributed by atoms with van der Waals surface area (Å²) < 4.78 is 40.6. The minimum absolute atomic E-state index is 0.145. The Morgan fingerprint density at radius 3 is 2.24 bits per heavy atom. The third-order valence-corrected chi connectivity index (χ3v) is 3.26. The van der Waals surface area contributed by atoms with Crippen LogP contribution < -0.4 is 5.56 Å². The first-order chi connectivity index (χ1) is 11.7. The number of halogens is 4. The van der Waals surface area contributed by atoms with Crippen LogP contribution in [-0.2, 0) is 19.3 Å². The first kappa shape index (κ1) is 23.4. The average molecular weight is 399 g/mol. The van der Waals surface area contributed by atoms with Gasteiger partial charge in [-0.15, -0.1) is 0 Å². The summed E-state index contributed by atoms with van der Waals surface area (Å²) in [7, 11) is 0. The van der Waals surface area contributed by atoms with Crippen molar-refractivity contribution < 1.29 is 13.2 Å². The Kier molecular flexibility index (Phi) is 9.73. The van der Waals surface area contributed by atoms with Gasteiger partial charge in [0, 0.05) is 24.4 Å². The zero-order valence-corrected chi connectivity index (χ0v) is 16.3. The Hall–Kier alpha value is -1.61. The van der Waals surface area contributed by atoms with Gasteiger partial charge in [-0.25, -0.2) is 0 Å². The van der Waals surface area contributed by atoms with Crippen LogP contribution >= 0.6 is 23.8 Å². The molecular weight excluding hydrogens is 377 g/mol. The number of aromatic amines is 1. The second kappa shape index (κ2) is 10.4. The monoisotopic (exact) mass is 398 g/mol. The van der Waals surface area contributed by atoms with Gasteiger partial charge in [0.25, 0.3) is 5.56 Å². The van der Waals surface area contributed by atoms with Crippen LogP contribution in [0.3, 0.4) is 0 Å². The van der Waals surface area contributed by atoms with Crippen molar-refractivity contribution >= 4 is 23.8 Å². The van der Waals surface area contributed by atoms with E-state index in [0.29, 0.717) is 11.2 Å². The number of nitrogens with one attached hydrogen (secondary N) is 1. The quantitative estimate of drug-likeness (QED) is 0.748. The molecule has 1 N–H and O–H groups in total. The van der Waals surface area contributed by atoms with Gasteiger partial charge < -0.3 is 4.98 Å². The number of hydrogen-bond donors (Lipinski definition) is 1. The van der Waals surface area contributed by atoms with Gasteiger partial charge in [0.2, 0.25) is 0 Å². The van der Waals surface area contributed by atoms with E-state index in [9.17, 15) is 18.0 Å². The Morgan fingerprint density at radius 2 is 1.80 bits per heavy atom. The van der Waals surface area contributed by atoms with E-state index < -0.39 is 11.9 Å². The summed E-state index contributed by atoms with van der Waals surface area (Å²) in [4.78, 5) is 14.5. The minimum Gasteiger partial charge on any atom is -0.334 e. The second-order valence-corrected chi connectivity index (χ2v) is 4.96. The van der Waals surface area contributed by atoms with E-state index in [1.807, 2.05) is 27.7 Å². The van der Waals surface area contributed by atoms with Gasteiger partial charge in [0.15, 0.2) is 9.92 Å². The summed E-state index contributed by atoms with van der Waals surface area (Å²) in [6, 6.07) is 1.92. The van der Waals surface area contributed by atoms with Gasteiger partial charge in [-0.2, -0.15) is 18.3 Å². The predicted molar refractivity (Wildman–Crippen MR) is 95.6 cm³/mol. The van der Waals surface area contributed by atoms with Gasteiger partial charge >= 0.3 is 6.18 Å². The third-order valence-electron chi connectivity index (χ3n) is 2.75. The molecule has 10 heteroatoms. The fourth-order valence-electron chi connectivity index (χ4n) is 1.85. The van der Waals surface area contributed by atoms with Gasteiger partial charge in [0.1, 0.15) is 5.69 Å². The summed E-state index contributed by atoms with van der Waals surface area (Å²) in [5.74, 6) is 0. The third kappa shape index (κ3) is 6.32. The molecule has 0 spiro atoms. The highest BCUT2D eigenvalue weighted by Crippen LogP contribution is 2.31. The Balaban J connectivity index is 0.00000134. The van der Waals surface area contributed by atoms with Crippen LogP contribution in [0, 0.1) is 4.77 Å². The molecule has 2 aromatic heterocycles. The minimum atomic E-state index is -4.59. The van der Waals surface area contributed by atoms with Crippen LogP contribution in [0.15, 0.2) is 16.9 Å². The molecule has 0 aromatic carbocycles. The highest BCUT2D eigenvalue weighted by atomic mass is 35.5. The molecule has 0 saturated heterocycles. The Labute approximate surface area is 154 Å². The molecule has 0 fully saturated rings. The zero-order chi connectivity index (χ0) is 19.8. The molecule has 142 valence electrons. The summed E-state index contributed by atoms with van der Waals surface area (Å²) in [5.41, 5.74) is -1.16. The number of H-pyrrole nitrogens is 1. The van der Waals surface area contributed by atoms with Crippen molar-refractivity contribution in [2.45, 2.75) is 53.9 Å². The molecular formula is C15H22ClF3N4OS. The molecule has 0 aliphatic carbocycles. The molecule has 2 rings (SSSR count). The normalized spacial score (nSPS) is 10.4. The lowest BCUT2D eigenvalue weighted by molar-refractivity contribution is -0.144. The number of alkyl halides is 3. The number of hydrogen-bond acceptors (Lipinski definition) is 3. The largest absolute Gasteiger partial charge is 0.433 e. The number of aromatic nitrogens is 4. The standard InChI is InChI=1S/C11H10ClF3N4OS.2C2H6/c1-2-18-9(20)3-6(16-10(18)21)5-19-7(11(13,14)15)4-8(12)17-19;2*1-2/h3-4H,2,5H2,1H3,(H,16,21);2*1-2H3. The fraction of sp³-hybridized carbons (Fsp3) is 0.533. The van der Waals surface area contributed by atoms with Gasteiger partial charge in [-0.3, -0.25) is 14.0 Å². The van der Waals surface area contributed by atoms with Crippen LogP contribution in [-0.4, -0.2) is 19.3 Å². The Bertz CT molecular complexity index is 749. The van der Waals surface area contributed by atoms with Crippen LogP contribution in [0.2, 0.25) is 5.15 Å². The molecule has 0 aliphatic heterocycles. The fourth-order valence-corrected chi connectivity index (χ4v) is 2.39. The van der Waals surface area contributed by atoms with Crippen molar-refractivity contribution in [1.82, 2.24) is 19.3 Å². The van der Waals surface area contributed by atoms with Crippen LogP contribution in [0.25, 0.3) is 0 Å². The lowest BCUT2D eigenvalue weighted by Gasteiger charge is -2.11. The highest BCUT2D eigenvalue weighted by molar-refractivity contribution is 7.71. The summed E-state index contributed by atoms with van der Waals surface area (Å²) in [6.07, 6.45) is -4.59. The van der Waals surface area contributed by atoms with E-state index in [1.54, 1.807) is 6.92 Å². The molecule has 2 heterocycles. The van der Waals surface area contributed by atoms with Crippen molar-refractivity contribution in [3.63, 3.8) is 0 Å². The van der Waals surface area contributed by atoms with E-state index in [1.165, 1.54) is 10.6 Å². The van der Waals surface area contributed by atoms with Crippen LogP contribution in [0.1, 0.15) is 46.0 Å². The van der Waals surface area contributed by atoms with Crippen molar-refractivity contribution in [3.8, 4) is 0 Å². The maximum atomic E-state index is 12.8. The summed E-state index contributed by atoms with van der Waals surface area (Å²) in [6.45, 7) is 9.82. The first-order valence-corrected chi connectivity index (χ1v) is 8.64. The van der Waals surface area contributed by atoms with Gasteiger partial charge in [-0.05, 0) is 19.1 Å². The lowest BCUT2D eigenvalue weighted by Crippen LogP contribution is -2.23. The van der Waals surface area contributed by atoms with E-state index in [4.69, 9.17) is 23.8 Å². The van der Waals surface area contributed by atoms with Crippen molar-refractivity contribution in [1.29, 1.82) is 0 Å². The number of nitrogens with zero attached hydrogens (tertiary/aromatic N) is 3. The Morgan fingerprint density at radius 1 is 1.24 bits per heavy atom. The molecule has 2 aromatic rings. The molecule has 0 atom stereocenters. The first-order valence-electron chi connectivity index (χ1n) is 7.86. The molecule has 0 amide bonds. The van der Waals surface area contributed by atoms with Crippen molar-refractivity contribution in [2.24, 2.45) is 0 Å². The van der Waals surface area contributed by atoms with Crippen molar-refractivity contribution in [3.05, 3.63) is 43.8 Å². The van der Waals surface area contributed by atoms with Crippen molar-refractivity contribution in [2.75, 3.05) is 0 Å². The van der Waals surface area contributed by atoms with Crippen LogP contribution in [0.5, 0.6) is 0 Å². The zero-order valence-electron chi connectivity index (χ0n) is 14.7. The maximum absolute atomic E-state index is 12.8.